The van der Waals surface area contributed by atoms with Gasteiger partial charge in [-0.25, -0.2) is 4.68 Å². The standard InChI is InChI=1S/C27H18Cl2F6N6/c1-15-36-38-25(40(15)14-18-8-5-9-21(28)22(18)29)23-24(17-6-3-2-4-7-17)41(39-37-23)13-16-10-19(26(30,31)32)12-20(11-16)27(33,34)35/h2-12H,13-14H2,1H3. The number of hydrogen-bond donors (Lipinski definition) is 0. The molecule has 5 aromatic rings. The van der Waals surface area contributed by atoms with Crippen molar-refractivity contribution in [1.82, 2.24) is 29.8 Å². The Labute approximate surface area is 239 Å². The zero-order valence-electron chi connectivity index (χ0n) is 21.0. The highest BCUT2D eigenvalue weighted by molar-refractivity contribution is 6.42. The Kier molecular flexibility index (Phi) is 7.56. The van der Waals surface area contributed by atoms with Gasteiger partial charge in [-0.2, -0.15) is 26.3 Å². The summed E-state index contributed by atoms with van der Waals surface area (Å²) in [6.45, 7) is 1.48. The van der Waals surface area contributed by atoms with E-state index in [2.05, 4.69) is 20.5 Å². The molecule has 0 N–H and O–H groups in total. The molecule has 0 radical (unpaired) electrons. The summed E-state index contributed by atoms with van der Waals surface area (Å²) >= 11 is 12.6. The predicted octanol–water partition coefficient (Wildman–Crippen LogP) is 7.95. The Balaban J connectivity index is 1.64. The van der Waals surface area contributed by atoms with E-state index in [1.807, 2.05) is 0 Å². The first kappa shape index (κ1) is 28.6. The van der Waals surface area contributed by atoms with Crippen LogP contribution in [0.25, 0.3) is 22.8 Å². The second kappa shape index (κ2) is 10.8. The predicted molar refractivity (Wildman–Crippen MR) is 140 cm³/mol. The molecule has 0 bridgehead atoms. The van der Waals surface area contributed by atoms with Crippen molar-refractivity contribution in [3.8, 4) is 22.8 Å². The third-order valence-electron chi connectivity index (χ3n) is 6.27. The maximum atomic E-state index is 13.5. The van der Waals surface area contributed by atoms with E-state index in [1.54, 1.807) is 60.0 Å². The van der Waals surface area contributed by atoms with Gasteiger partial charge in [0.1, 0.15) is 11.5 Å². The van der Waals surface area contributed by atoms with Gasteiger partial charge in [0, 0.05) is 5.56 Å². The minimum atomic E-state index is -4.98. The molecule has 0 atom stereocenters. The fourth-order valence-corrected chi connectivity index (χ4v) is 4.71. The molecule has 3 aromatic carbocycles. The van der Waals surface area contributed by atoms with Crippen molar-refractivity contribution in [2.45, 2.75) is 32.4 Å². The van der Waals surface area contributed by atoms with Crippen molar-refractivity contribution >= 4 is 23.2 Å². The molecule has 0 unspecified atom stereocenters. The highest BCUT2D eigenvalue weighted by Gasteiger charge is 2.37. The monoisotopic (exact) mass is 610 g/mol. The van der Waals surface area contributed by atoms with Crippen LogP contribution in [0.3, 0.4) is 0 Å². The lowest BCUT2D eigenvalue weighted by Crippen LogP contribution is -2.13. The van der Waals surface area contributed by atoms with Crippen molar-refractivity contribution in [3.63, 3.8) is 0 Å². The molecule has 0 saturated carbocycles. The van der Waals surface area contributed by atoms with Crippen LogP contribution in [0.15, 0.2) is 66.7 Å². The van der Waals surface area contributed by atoms with Gasteiger partial charge in [-0.3, -0.25) is 0 Å². The summed E-state index contributed by atoms with van der Waals surface area (Å²) in [4.78, 5) is 0. The summed E-state index contributed by atoms with van der Waals surface area (Å²) in [6.07, 6.45) is -9.97. The van der Waals surface area contributed by atoms with Crippen LogP contribution in [0, 0.1) is 6.92 Å². The topological polar surface area (TPSA) is 61.4 Å². The van der Waals surface area contributed by atoms with Crippen molar-refractivity contribution in [3.05, 3.63) is 105 Å². The quantitative estimate of drug-likeness (QED) is 0.183. The molecule has 212 valence electrons. The molecular weight excluding hydrogens is 593 g/mol. The van der Waals surface area contributed by atoms with Crippen molar-refractivity contribution in [1.29, 1.82) is 0 Å². The van der Waals surface area contributed by atoms with Gasteiger partial charge in [-0.05, 0) is 42.3 Å². The minimum Gasteiger partial charge on any atom is -0.305 e. The smallest absolute Gasteiger partial charge is 0.305 e. The molecule has 0 fully saturated rings. The lowest BCUT2D eigenvalue weighted by molar-refractivity contribution is -0.143. The van der Waals surface area contributed by atoms with E-state index in [4.69, 9.17) is 23.2 Å². The molecule has 5 rings (SSSR count). The lowest BCUT2D eigenvalue weighted by Gasteiger charge is -2.15. The van der Waals surface area contributed by atoms with Crippen LogP contribution in [-0.4, -0.2) is 29.8 Å². The molecule has 0 aliphatic rings. The van der Waals surface area contributed by atoms with Crippen molar-refractivity contribution in [2.24, 2.45) is 0 Å². The number of aromatic nitrogens is 6. The lowest BCUT2D eigenvalue weighted by atomic mass is 10.0. The first-order valence-electron chi connectivity index (χ1n) is 11.9. The van der Waals surface area contributed by atoms with E-state index in [-0.39, 0.29) is 29.7 Å². The SMILES string of the molecule is Cc1nnc(-c2nnn(Cc3cc(C(F)(F)F)cc(C(F)(F)F)c3)c2-c2ccccc2)n1Cc1cccc(Cl)c1Cl. The van der Waals surface area contributed by atoms with Gasteiger partial charge in [0.15, 0.2) is 11.5 Å². The molecule has 0 aliphatic carbocycles. The third kappa shape index (κ3) is 5.94. The van der Waals surface area contributed by atoms with E-state index in [0.717, 1.165) is 0 Å². The third-order valence-corrected chi connectivity index (χ3v) is 7.13. The molecule has 0 amide bonds. The Morgan fingerprint density at radius 3 is 2.05 bits per heavy atom. The second-order valence-corrected chi connectivity index (χ2v) is 9.88. The Morgan fingerprint density at radius 1 is 0.756 bits per heavy atom. The summed E-state index contributed by atoms with van der Waals surface area (Å²) in [5, 5.41) is 17.5. The van der Waals surface area contributed by atoms with E-state index in [9.17, 15) is 26.3 Å². The Bertz CT molecular complexity index is 1680. The van der Waals surface area contributed by atoms with Crippen LogP contribution in [-0.2, 0) is 25.4 Å². The maximum Gasteiger partial charge on any atom is 0.416 e. The highest BCUT2D eigenvalue weighted by atomic mass is 35.5. The number of alkyl halides is 6. The number of rotatable bonds is 6. The first-order chi connectivity index (χ1) is 19.3. The van der Waals surface area contributed by atoms with Crippen molar-refractivity contribution in [2.75, 3.05) is 0 Å². The molecule has 0 spiro atoms. The number of aryl methyl sites for hydroxylation is 1. The highest BCUT2D eigenvalue weighted by Crippen LogP contribution is 2.37. The van der Waals surface area contributed by atoms with Gasteiger partial charge < -0.3 is 4.57 Å². The largest absolute Gasteiger partial charge is 0.416 e. The Morgan fingerprint density at radius 2 is 1.41 bits per heavy atom. The molecule has 0 saturated heterocycles. The van der Waals surface area contributed by atoms with E-state index in [0.29, 0.717) is 44.8 Å². The number of hydrogen-bond acceptors (Lipinski definition) is 4. The fourth-order valence-electron chi connectivity index (χ4n) is 4.33. The molecule has 0 aliphatic heterocycles. The van der Waals surface area contributed by atoms with E-state index >= 15 is 0 Å². The number of benzene rings is 3. The summed E-state index contributed by atoms with van der Waals surface area (Å²) in [7, 11) is 0. The van der Waals surface area contributed by atoms with Crippen LogP contribution >= 0.6 is 23.2 Å². The fraction of sp³-hybridized carbons (Fsp3) is 0.185. The molecule has 2 heterocycles. The molecular formula is C27H18Cl2F6N6. The molecule has 2 aromatic heterocycles. The number of nitrogens with zero attached hydrogens (tertiary/aromatic N) is 6. The molecule has 41 heavy (non-hydrogen) atoms. The first-order valence-corrected chi connectivity index (χ1v) is 12.7. The van der Waals surface area contributed by atoms with Crippen LogP contribution in [0.4, 0.5) is 26.3 Å². The van der Waals surface area contributed by atoms with Gasteiger partial charge >= 0.3 is 12.4 Å². The minimum absolute atomic E-state index is 0.0839. The van der Waals surface area contributed by atoms with E-state index < -0.39 is 30.0 Å². The summed E-state index contributed by atoms with van der Waals surface area (Å²) in [5.74, 6) is 0.765. The van der Waals surface area contributed by atoms with E-state index in [1.165, 1.54) is 4.68 Å². The van der Waals surface area contributed by atoms with Crippen LogP contribution in [0.5, 0.6) is 0 Å². The molecule has 14 heteroatoms. The second-order valence-electron chi connectivity index (χ2n) is 9.09. The van der Waals surface area contributed by atoms with Crippen LogP contribution in [0.1, 0.15) is 28.1 Å². The Hall–Kier alpha value is -3.90. The van der Waals surface area contributed by atoms with Gasteiger partial charge in [0.05, 0.1) is 34.3 Å². The van der Waals surface area contributed by atoms with Crippen molar-refractivity contribution < 1.29 is 26.3 Å². The normalized spacial score (nSPS) is 12.2. The zero-order valence-corrected chi connectivity index (χ0v) is 22.5. The number of halogens is 8. The molecule has 6 nitrogen and oxygen atoms in total. The van der Waals surface area contributed by atoms with Gasteiger partial charge in [-0.1, -0.05) is 70.9 Å². The summed E-state index contributed by atoms with van der Waals surface area (Å²) in [5.41, 5.74) is -1.33. The van der Waals surface area contributed by atoms with Crippen LogP contribution < -0.4 is 0 Å². The van der Waals surface area contributed by atoms with Gasteiger partial charge in [-0.15, -0.1) is 15.3 Å². The summed E-state index contributed by atoms with van der Waals surface area (Å²) < 4.78 is 83.9. The van der Waals surface area contributed by atoms with Gasteiger partial charge in [0.2, 0.25) is 0 Å². The average molecular weight is 611 g/mol. The van der Waals surface area contributed by atoms with Crippen LogP contribution in [0.2, 0.25) is 10.0 Å². The average Bonchev–Trinajstić information content (AvgIpc) is 3.49. The zero-order chi connectivity index (χ0) is 29.5. The summed E-state index contributed by atoms with van der Waals surface area (Å²) in [6, 6.07) is 15.2. The van der Waals surface area contributed by atoms with Gasteiger partial charge in [0.25, 0.3) is 0 Å². The maximum absolute atomic E-state index is 13.5.